The van der Waals surface area contributed by atoms with Crippen LogP contribution in [0.25, 0.3) is 21.5 Å². The maximum atomic E-state index is 12.1. The molecule has 10 nitrogen and oxygen atoms in total. The van der Waals surface area contributed by atoms with Gasteiger partial charge in [-0.1, -0.05) is 53.1 Å². The van der Waals surface area contributed by atoms with Crippen LogP contribution in [-0.4, -0.2) is 18.2 Å². The molecule has 0 saturated heterocycles. The molecule has 0 fully saturated rings. The predicted molar refractivity (Wildman–Crippen MR) is 148 cm³/mol. The zero-order valence-electron chi connectivity index (χ0n) is 20.3. The zero-order valence-corrected chi connectivity index (χ0v) is 21.9. The second kappa shape index (κ2) is 11.4. The molecule has 5 rings (SSSR count). The van der Waals surface area contributed by atoms with Gasteiger partial charge in [0.15, 0.2) is 0 Å². The van der Waals surface area contributed by atoms with Crippen LogP contribution in [0, 0.1) is 6.92 Å². The van der Waals surface area contributed by atoms with E-state index >= 15 is 0 Å². The summed E-state index contributed by atoms with van der Waals surface area (Å²) in [6, 6.07) is 26.5. The number of azo groups is 2. The molecule has 0 atom stereocenters. The molecular weight excluding hydrogens is 540 g/mol. The molecule has 5 aromatic carbocycles. The van der Waals surface area contributed by atoms with Crippen LogP contribution in [0.1, 0.15) is 5.56 Å². The summed E-state index contributed by atoms with van der Waals surface area (Å²) < 4.78 is 38.3. The first kappa shape index (κ1) is 26.6. The van der Waals surface area contributed by atoms with Gasteiger partial charge in [-0.25, -0.2) is 5.26 Å². The predicted octanol–water partition coefficient (Wildman–Crippen LogP) is 8.81. The largest absolute Gasteiger partial charge is 0.295 e. The molecule has 0 aliphatic rings. The summed E-state index contributed by atoms with van der Waals surface area (Å²) in [6.45, 7) is 2.01. The Morgan fingerprint density at radius 1 is 0.718 bits per heavy atom. The number of nitrogens with zero attached hydrogens (tertiary/aromatic N) is 4. The lowest BCUT2D eigenvalue weighted by atomic mass is 10.1. The van der Waals surface area contributed by atoms with Crippen molar-refractivity contribution in [1.29, 1.82) is 0 Å². The van der Waals surface area contributed by atoms with Crippen molar-refractivity contribution in [1.82, 2.24) is 0 Å². The number of fused-ring (bicyclic) bond motifs is 2. The molecule has 0 aromatic heterocycles. The number of benzene rings is 5. The lowest BCUT2D eigenvalue weighted by Crippen LogP contribution is -1.99. The van der Waals surface area contributed by atoms with Gasteiger partial charge in [0.1, 0.15) is 4.90 Å². The Hall–Kier alpha value is -4.04. The van der Waals surface area contributed by atoms with Crippen molar-refractivity contribution in [2.75, 3.05) is 0 Å². The van der Waals surface area contributed by atoms with Crippen molar-refractivity contribution < 1.29 is 27.6 Å². The van der Waals surface area contributed by atoms with E-state index in [1.54, 1.807) is 24.3 Å². The van der Waals surface area contributed by atoms with Crippen molar-refractivity contribution in [2.45, 2.75) is 16.7 Å². The van der Waals surface area contributed by atoms with Crippen molar-refractivity contribution in [3.8, 4) is 0 Å². The van der Waals surface area contributed by atoms with Crippen LogP contribution in [-0.2, 0) is 19.5 Å². The molecule has 0 aliphatic heterocycles. The van der Waals surface area contributed by atoms with Crippen LogP contribution in [0.5, 0.6) is 0 Å². The van der Waals surface area contributed by atoms with Crippen LogP contribution >= 0.6 is 12.0 Å². The standard InChI is InChI=1S/C27H20N4O6S2/c1-17-6-9-19(10-7-17)28-30-25-12-13-26(23-5-3-2-4-22(23)25)31-29-20-11-8-18-14-21(38-37-36-32)16-27(24(18)15-20)39(33,34)35/h2-16,32H,1H3,(H,33,34,35). The summed E-state index contributed by atoms with van der Waals surface area (Å²) in [5.41, 5.74) is 3.52. The van der Waals surface area contributed by atoms with E-state index in [9.17, 15) is 13.0 Å². The highest BCUT2D eigenvalue weighted by atomic mass is 32.2. The fraction of sp³-hybridized carbons (Fsp3) is 0.0370. The monoisotopic (exact) mass is 560 g/mol. The Balaban J connectivity index is 1.50. The van der Waals surface area contributed by atoms with E-state index in [-0.39, 0.29) is 15.2 Å². The van der Waals surface area contributed by atoms with Crippen molar-refractivity contribution in [2.24, 2.45) is 20.5 Å². The summed E-state index contributed by atoms with van der Waals surface area (Å²) in [5, 5.41) is 31.8. The van der Waals surface area contributed by atoms with E-state index in [0.29, 0.717) is 34.5 Å². The highest BCUT2D eigenvalue weighted by Gasteiger charge is 2.17. The molecule has 0 spiro atoms. The summed E-state index contributed by atoms with van der Waals surface area (Å²) in [4.78, 5) is -0.0699. The van der Waals surface area contributed by atoms with Gasteiger partial charge in [0.2, 0.25) is 0 Å². The highest BCUT2D eigenvalue weighted by molar-refractivity contribution is 7.94. The maximum absolute atomic E-state index is 12.1. The molecule has 0 unspecified atom stereocenters. The number of aryl methyl sites for hydroxylation is 1. The Labute approximate surface area is 227 Å². The minimum absolute atomic E-state index is 0.236. The van der Waals surface area contributed by atoms with Crippen LogP contribution in [0.3, 0.4) is 0 Å². The van der Waals surface area contributed by atoms with Gasteiger partial charge < -0.3 is 0 Å². The van der Waals surface area contributed by atoms with Gasteiger partial charge in [0.25, 0.3) is 10.1 Å². The Bertz CT molecular complexity index is 1840. The zero-order chi connectivity index (χ0) is 27.4. The van der Waals surface area contributed by atoms with Gasteiger partial charge in [-0.15, -0.1) is 14.6 Å². The summed E-state index contributed by atoms with van der Waals surface area (Å²) in [6.07, 6.45) is 0. The normalized spacial score (nSPS) is 12.3. The lowest BCUT2D eigenvalue weighted by molar-refractivity contribution is -0.432. The number of hydrogen-bond donors (Lipinski definition) is 2. The molecule has 2 N–H and O–H groups in total. The van der Waals surface area contributed by atoms with E-state index in [1.165, 1.54) is 12.1 Å². The molecule has 0 radical (unpaired) electrons. The molecule has 12 heteroatoms. The van der Waals surface area contributed by atoms with Gasteiger partial charge in [-0.3, -0.25) is 4.55 Å². The Morgan fingerprint density at radius 3 is 1.95 bits per heavy atom. The van der Waals surface area contributed by atoms with Gasteiger partial charge in [-0.2, -0.15) is 18.6 Å². The molecule has 0 aliphatic carbocycles. The number of hydrogen-bond acceptors (Lipinski definition) is 10. The van der Waals surface area contributed by atoms with Gasteiger partial charge >= 0.3 is 0 Å². The minimum Gasteiger partial charge on any atom is -0.282 e. The third-order valence-corrected chi connectivity index (χ3v) is 7.22. The topological polar surface area (TPSA) is 142 Å². The Kier molecular flexibility index (Phi) is 7.74. The first-order valence-electron chi connectivity index (χ1n) is 11.4. The third kappa shape index (κ3) is 6.17. The van der Waals surface area contributed by atoms with Crippen LogP contribution in [0.15, 0.2) is 121 Å². The molecular formula is C27H20N4O6S2. The van der Waals surface area contributed by atoms with Gasteiger partial charge in [0, 0.05) is 21.1 Å². The quantitative estimate of drug-likeness (QED) is 0.0634. The molecule has 39 heavy (non-hydrogen) atoms. The van der Waals surface area contributed by atoms with Gasteiger partial charge in [-0.05, 0) is 60.8 Å². The summed E-state index contributed by atoms with van der Waals surface area (Å²) in [5.74, 6) is 0. The maximum Gasteiger partial charge on any atom is 0.295 e. The fourth-order valence-electron chi connectivity index (χ4n) is 3.94. The van der Waals surface area contributed by atoms with Crippen molar-refractivity contribution >= 4 is 66.5 Å². The van der Waals surface area contributed by atoms with Crippen LogP contribution in [0.4, 0.5) is 22.7 Å². The van der Waals surface area contributed by atoms with E-state index < -0.39 is 10.1 Å². The van der Waals surface area contributed by atoms with E-state index in [4.69, 9.17) is 5.26 Å². The molecule has 196 valence electrons. The summed E-state index contributed by atoms with van der Waals surface area (Å²) in [7, 11) is -4.59. The molecule has 5 aromatic rings. The van der Waals surface area contributed by atoms with E-state index in [2.05, 4.69) is 29.8 Å². The SMILES string of the molecule is Cc1ccc(N=Nc2ccc(N=Nc3ccc4cc(SOOO)cc(S(=O)(=O)O)c4c3)c3ccccc23)cc1. The van der Waals surface area contributed by atoms with Crippen LogP contribution in [0.2, 0.25) is 0 Å². The minimum atomic E-state index is -4.59. The highest BCUT2D eigenvalue weighted by Crippen LogP contribution is 2.36. The first-order chi connectivity index (χ1) is 18.8. The van der Waals surface area contributed by atoms with Crippen LogP contribution < -0.4 is 0 Å². The first-order valence-corrected chi connectivity index (χ1v) is 13.6. The second-order valence-electron chi connectivity index (χ2n) is 8.41. The second-order valence-corrected chi connectivity index (χ2v) is 10.6. The van der Waals surface area contributed by atoms with Gasteiger partial charge in [0.05, 0.1) is 34.8 Å². The summed E-state index contributed by atoms with van der Waals surface area (Å²) >= 11 is 0.578. The number of rotatable bonds is 8. The average molecular weight is 561 g/mol. The molecule has 0 saturated carbocycles. The Morgan fingerprint density at radius 2 is 1.33 bits per heavy atom. The molecule has 0 heterocycles. The smallest absolute Gasteiger partial charge is 0.282 e. The van der Waals surface area contributed by atoms with Crippen molar-refractivity contribution in [3.63, 3.8) is 0 Å². The van der Waals surface area contributed by atoms with E-state index in [0.717, 1.165) is 22.0 Å². The molecule has 0 amide bonds. The lowest BCUT2D eigenvalue weighted by Gasteiger charge is -2.08. The van der Waals surface area contributed by atoms with E-state index in [1.807, 2.05) is 61.5 Å². The average Bonchev–Trinajstić information content (AvgIpc) is 2.94. The molecule has 0 bridgehead atoms. The third-order valence-electron chi connectivity index (χ3n) is 5.77. The van der Waals surface area contributed by atoms with Crippen molar-refractivity contribution in [3.05, 3.63) is 96.6 Å². The fourth-order valence-corrected chi connectivity index (χ4v) is 5.20.